The van der Waals surface area contributed by atoms with Crippen molar-refractivity contribution in [2.45, 2.75) is 13.1 Å². The molecular formula is C27H27BrOP+. The molecule has 4 rings (SSSR count). The summed E-state index contributed by atoms with van der Waals surface area (Å²) in [5.41, 5.74) is 2.54. The second-order valence-electron chi connectivity index (χ2n) is 7.33. The number of aryl methyl sites for hydroxylation is 1. The first-order valence-corrected chi connectivity index (χ1v) is 11.9. The maximum atomic E-state index is 5.58. The molecule has 0 aliphatic rings. The number of hydrogen-bond acceptors (Lipinski definition) is 1. The lowest BCUT2D eigenvalue weighted by Gasteiger charge is -2.28. The van der Waals surface area contributed by atoms with Crippen molar-refractivity contribution in [2.24, 2.45) is 0 Å². The van der Waals surface area contributed by atoms with Crippen LogP contribution in [0.4, 0.5) is 0 Å². The smallest absolute Gasteiger partial charge is 0.119 e. The third-order valence-corrected chi connectivity index (χ3v) is 9.74. The fourth-order valence-electron chi connectivity index (χ4n) is 4.08. The van der Waals surface area contributed by atoms with E-state index in [1.54, 1.807) is 7.11 Å². The van der Waals surface area contributed by atoms with Crippen LogP contribution >= 0.6 is 24.2 Å². The Labute approximate surface area is 190 Å². The molecule has 4 aromatic rings. The van der Waals surface area contributed by atoms with Crippen LogP contribution in [0.3, 0.4) is 0 Å². The highest BCUT2D eigenvalue weighted by atomic mass is 79.9. The number of benzene rings is 4. The molecule has 0 aliphatic carbocycles. The van der Waals surface area contributed by atoms with E-state index in [4.69, 9.17) is 4.74 Å². The molecule has 0 heterocycles. The predicted molar refractivity (Wildman–Crippen MR) is 137 cm³/mol. The van der Waals surface area contributed by atoms with Gasteiger partial charge in [0.15, 0.2) is 0 Å². The number of methoxy groups -OCH3 is 1. The second kappa shape index (κ2) is 10.1. The minimum atomic E-state index is -1.88. The molecule has 0 N–H and O–H groups in total. The van der Waals surface area contributed by atoms with E-state index in [1.807, 2.05) is 0 Å². The van der Waals surface area contributed by atoms with Crippen LogP contribution in [0.15, 0.2) is 109 Å². The molecule has 0 atom stereocenters. The lowest BCUT2D eigenvalue weighted by molar-refractivity contribution is 0.414. The Balaban J connectivity index is 0.00000256. The Hall–Kier alpha value is -2.41. The molecular weight excluding hydrogens is 451 g/mol. The van der Waals surface area contributed by atoms with Crippen LogP contribution in [0.1, 0.15) is 11.1 Å². The van der Waals surface area contributed by atoms with Gasteiger partial charge in [-0.3, -0.25) is 0 Å². The van der Waals surface area contributed by atoms with Gasteiger partial charge in [-0.2, -0.15) is 0 Å². The number of hydrogen-bond donors (Lipinski definition) is 0. The monoisotopic (exact) mass is 477 g/mol. The normalized spacial score (nSPS) is 10.9. The molecule has 0 aliphatic heterocycles. The van der Waals surface area contributed by atoms with Gasteiger partial charge in [-0.15, -0.1) is 17.0 Å². The molecule has 1 nitrogen and oxygen atoms in total. The Bertz CT molecular complexity index is 969. The predicted octanol–water partition coefficient (Wildman–Crippen LogP) is 6.08. The largest absolute Gasteiger partial charge is 0.497 e. The maximum Gasteiger partial charge on any atom is 0.119 e. The number of ether oxygens (including phenoxy) is 1. The highest BCUT2D eigenvalue weighted by molar-refractivity contribution is 8.93. The summed E-state index contributed by atoms with van der Waals surface area (Å²) in [6.07, 6.45) is 0.961. The van der Waals surface area contributed by atoms with Crippen molar-refractivity contribution in [3.8, 4) is 5.75 Å². The molecule has 0 amide bonds. The highest BCUT2D eigenvalue weighted by Crippen LogP contribution is 2.58. The van der Waals surface area contributed by atoms with Crippen LogP contribution in [0.2, 0.25) is 0 Å². The molecule has 30 heavy (non-hydrogen) atoms. The van der Waals surface area contributed by atoms with Crippen LogP contribution in [-0.2, 0) is 6.16 Å². The summed E-state index contributed by atoms with van der Waals surface area (Å²) >= 11 is 0. The van der Waals surface area contributed by atoms with Crippen molar-refractivity contribution < 1.29 is 4.74 Å². The van der Waals surface area contributed by atoms with E-state index < -0.39 is 7.26 Å². The zero-order valence-electron chi connectivity index (χ0n) is 17.4. The SMILES string of the molecule is Br.COc1cc(C)cc(C[P+](c2ccccc2)(c2ccccc2)c2ccccc2)c1. The second-order valence-corrected chi connectivity index (χ2v) is 10.8. The molecule has 0 unspecified atom stereocenters. The summed E-state index contributed by atoms with van der Waals surface area (Å²) < 4.78 is 5.58. The molecule has 3 heteroatoms. The van der Waals surface area contributed by atoms with Crippen LogP contribution in [-0.4, -0.2) is 7.11 Å². The summed E-state index contributed by atoms with van der Waals surface area (Å²) in [6.45, 7) is 2.14. The van der Waals surface area contributed by atoms with E-state index in [0.29, 0.717) is 0 Å². The average Bonchev–Trinajstić information content (AvgIpc) is 2.79. The Kier molecular flexibility index (Phi) is 7.48. The van der Waals surface area contributed by atoms with Crippen molar-refractivity contribution in [1.29, 1.82) is 0 Å². The van der Waals surface area contributed by atoms with Gasteiger partial charge in [0, 0.05) is 0 Å². The lowest BCUT2D eigenvalue weighted by Crippen LogP contribution is -2.32. The van der Waals surface area contributed by atoms with E-state index in [1.165, 1.54) is 27.0 Å². The Morgan fingerprint density at radius 2 is 1.07 bits per heavy atom. The molecule has 0 radical (unpaired) electrons. The fourth-order valence-corrected chi connectivity index (χ4v) is 8.29. The first kappa shape index (κ1) is 22.3. The van der Waals surface area contributed by atoms with Gasteiger partial charge in [0.05, 0.1) is 13.3 Å². The van der Waals surface area contributed by atoms with E-state index >= 15 is 0 Å². The van der Waals surface area contributed by atoms with Crippen LogP contribution < -0.4 is 20.7 Å². The average molecular weight is 478 g/mol. The van der Waals surface area contributed by atoms with E-state index in [9.17, 15) is 0 Å². The topological polar surface area (TPSA) is 9.23 Å². The van der Waals surface area contributed by atoms with Crippen molar-refractivity contribution in [2.75, 3.05) is 7.11 Å². The van der Waals surface area contributed by atoms with Crippen LogP contribution in [0, 0.1) is 6.92 Å². The Morgan fingerprint density at radius 3 is 1.47 bits per heavy atom. The van der Waals surface area contributed by atoms with Gasteiger partial charge in [-0.1, -0.05) is 60.7 Å². The molecule has 4 aromatic carbocycles. The number of rotatable bonds is 6. The fraction of sp³-hybridized carbons (Fsp3) is 0.111. The van der Waals surface area contributed by atoms with Crippen molar-refractivity contribution in [3.63, 3.8) is 0 Å². The van der Waals surface area contributed by atoms with Gasteiger partial charge >= 0.3 is 0 Å². The van der Waals surface area contributed by atoms with Gasteiger partial charge < -0.3 is 4.74 Å². The zero-order valence-corrected chi connectivity index (χ0v) is 20.0. The lowest BCUT2D eigenvalue weighted by atomic mass is 10.1. The standard InChI is InChI=1S/C27H26OP.BrH/c1-22-18-23(20-24(19-22)28-2)21-29(25-12-6-3-7-13-25,26-14-8-4-9-15-26)27-16-10-5-11-17-27;/h3-20H,21H2,1-2H3;1H/q+1;. The molecule has 152 valence electrons. The van der Waals surface area contributed by atoms with Crippen LogP contribution in [0.5, 0.6) is 5.75 Å². The van der Waals surface area contributed by atoms with Gasteiger partial charge in [0.25, 0.3) is 0 Å². The minimum absolute atomic E-state index is 0. The van der Waals surface area contributed by atoms with Crippen molar-refractivity contribution in [1.82, 2.24) is 0 Å². The Morgan fingerprint density at radius 1 is 0.633 bits per heavy atom. The van der Waals surface area contributed by atoms with Gasteiger partial charge in [-0.25, -0.2) is 0 Å². The number of halogens is 1. The summed E-state index contributed by atoms with van der Waals surface area (Å²) in [7, 11) is -0.138. The molecule has 0 bridgehead atoms. The summed E-state index contributed by atoms with van der Waals surface area (Å²) in [6, 6.07) is 39.6. The molecule has 0 saturated carbocycles. The van der Waals surface area contributed by atoms with E-state index in [-0.39, 0.29) is 17.0 Å². The first-order chi connectivity index (χ1) is 14.2. The molecule has 0 saturated heterocycles. The van der Waals surface area contributed by atoms with Gasteiger partial charge in [0.1, 0.15) is 28.9 Å². The minimum Gasteiger partial charge on any atom is -0.497 e. The highest BCUT2D eigenvalue weighted by Gasteiger charge is 2.45. The summed E-state index contributed by atoms with van der Waals surface area (Å²) in [4.78, 5) is 0. The third kappa shape index (κ3) is 4.51. The van der Waals surface area contributed by atoms with Gasteiger partial charge in [-0.05, 0) is 66.6 Å². The first-order valence-electron chi connectivity index (χ1n) is 9.92. The summed E-state index contributed by atoms with van der Waals surface area (Å²) in [5.74, 6) is 0.923. The van der Waals surface area contributed by atoms with Crippen LogP contribution in [0.25, 0.3) is 0 Å². The molecule has 0 fully saturated rings. The molecule has 0 aromatic heterocycles. The van der Waals surface area contributed by atoms with Crippen molar-refractivity contribution >= 4 is 40.2 Å². The summed E-state index contributed by atoms with van der Waals surface area (Å²) in [5, 5.41) is 4.20. The third-order valence-electron chi connectivity index (χ3n) is 5.36. The van der Waals surface area contributed by atoms with E-state index in [0.717, 1.165) is 11.9 Å². The molecule has 0 spiro atoms. The van der Waals surface area contributed by atoms with Crippen molar-refractivity contribution in [3.05, 3.63) is 120 Å². The maximum absolute atomic E-state index is 5.58. The van der Waals surface area contributed by atoms with E-state index in [2.05, 4.69) is 116 Å². The van der Waals surface area contributed by atoms with Gasteiger partial charge in [0.2, 0.25) is 0 Å². The quantitative estimate of drug-likeness (QED) is 0.306. The zero-order chi connectivity index (χ0) is 20.1.